The highest BCUT2D eigenvalue weighted by Gasteiger charge is 2.59. The van der Waals surface area contributed by atoms with E-state index in [2.05, 4.69) is 0 Å². The van der Waals surface area contributed by atoms with Crippen molar-refractivity contribution in [3.63, 3.8) is 0 Å². The van der Waals surface area contributed by atoms with Crippen molar-refractivity contribution in [2.45, 2.75) is 11.5 Å². The summed E-state index contributed by atoms with van der Waals surface area (Å²) in [7, 11) is 2.83. The summed E-state index contributed by atoms with van der Waals surface area (Å²) in [5.41, 5.74) is 0.343. The lowest BCUT2D eigenvalue weighted by Crippen LogP contribution is -2.54. The molecule has 4 rings (SSSR count). The summed E-state index contributed by atoms with van der Waals surface area (Å²) in [6.45, 7) is 0. The van der Waals surface area contributed by atoms with E-state index in [1.165, 1.54) is 14.2 Å². The first kappa shape index (κ1) is 17.1. The second-order valence-corrected chi connectivity index (χ2v) is 6.45. The molecule has 0 aromatic heterocycles. The topological polar surface area (TPSA) is 75.4 Å². The van der Waals surface area contributed by atoms with Crippen molar-refractivity contribution < 1.29 is 14.2 Å². The number of rotatable bonds is 3. The number of nitrogens with one attached hydrogen (secondary N) is 2. The van der Waals surface area contributed by atoms with Crippen LogP contribution in [0.2, 0.25) is 0 Å². The zero-order valence-electron chi connectivity index (χ0n) is 15.2. The van der Waals surface area contributed by atoms with Crippen LogP contribution in [0.3, 0.4) is 0 Å². The van der Waals surface area contributed by atoms with Crippen LogP contribution < -0.4 is 4.74 Å². The predicted octanol–water partition coefficient (Wildman–Crippen LogP) is 4.35. The highest BCUT2D eigenvalue weighted by atomic mass is 16.6. The van der Waals surface area contributed by atoms with Gasteiger partial charge in [-0.05, 0) is 10.9 Å². The van der Waals surface area contributed by atoms with Gasteiger partial charge in [-0.25, -0.2) is 0 Å². The molecular formula is C22H20N2O3. The Bertz CT molecular complexity index is 1010. The van der Waals surface area contributed by atoms with Gasteiger partial charge in [0.25, 0.3) is 5.60 Å². The largest absolute Gasteiger partial charge is 0.481 e. The van der Waals surface area contributed by atoms with Crippen LogP contribution in [-0.2, 0) is 9.47 Å². The Balaban J connectivity index is 2.05. The lowest BCUT2D eigenvalue weighted by atomic mass is 9.78. The molecule has 27 heavy (non-hydrogen) atoms. The molecule has 1 aliphatic rings. The van der Waals surface area contributed by atoms with Gasteiger partial charge >= 0.3 is 0 Å². The molecule has 0 saturated carbocycles. The van der Waals surface area contributed by atoms with Gasteiger partial charge in [0.1, 0.15) is 5.75 Å². The van der Waals surface area contributed by atoms with Crippen LogP contribution in [-0.4, -0.2) is 31.6 Å². The number of fused-ring (bicyclic) bond motifs is 3. The Hall–Kier alpha value is -3.34. The van der Waals surface area contributed by atoms with E-state index in [4.69, 9.17) is 25.0 Å². The van der Waals surface area contributed by atoms with Gasteiger partial charge in [0.05, 0.1) is 20.1 Å². The molecule has 0 amide bonds. The van der Waals surface area contributed by atoms with E-state index in [1.807, 2.05) is 66.7 Å². The van der Waals surface area contributed by atoms with Crippen LogP contribution in [0.4, 0.5) is 0 Å². The second kappa shape index (κ2) is 6.43. The zero-order chi connectivity index (χ0) is 19.0. The average Bonchev–Trinajstić information content (AvgIpc) is 3.09. The molecule has 0 radical (unpaired) electrons. The molecule has 5 heteroatoms. The summed E-state index contributed by atoms with van der Waals surface area (Å²) >= 11 is 0. The minimum Gasteiger partial charge on any atom is -0.481 e. The Kier molecular flexibility index (Phi) is 4.07. The standard InChI is InChI=1S/C22H20N2O3/c1-25-20(23)22(21(24)26-2)18(15-9-4-3-5-10-15)17-13-12-14-8-6-7-11-16(14)19(17)27-22/h3-13,18,23-24H,1-2H3. The van der Waals surface area contributed by atoms with Crippen LogP contribution in [0.25, 0.3) is 10.8 Å². The van der Waals surface area contributed by atoms with Gasteiger partial charge in [0.2, 0.25) is 11.8 Å². The molecule has 0 saturated heterocycles. The van der Waals surface area contributed by atoms with Gasteiger partial charge in [-0.2, -0.15) is 0 Å². The first-order valence-corrected chi connectivity index (χ1v) is 8.65. The molecule has 1 heterocycles. The SMILES string of the molecule is COC(=N)C1(C(=N)OC)Oc2c(ccc3ccccc23)C1c1ccccc1. The molecule has 1 unspecified atom stereocenters. The maximum Gasteiger partial charge on any atom is 0.268 e. The van der Waals surface area contributed by atoms with E-state index in [-0.39, 0.29) is 11.8 Å². The molecular weight excluding hydrogens is 340 g/mol. The van der Waals surface area contributed by atoms with E-state index in [0.29, 0.717) is 5.75 Å². The smallest absolute Gasteiger partial charge is 0.268 e. The molecule has 0 spiro atoms. The molecule has 3 aromatic carbocycles. The molecule has 136 valence electrons. The first-order valence-electron chi connectivity index (χ1n) is 8.65. The monoisotopic (exact) mass is 360 g/mol. The van der Waals surface area contributed by atoms with Crippen LogP contribution in [0.5, 0.6) is 5.75 Å². The molecule has 1 aliphatic heterocycles. The van der Waals surface area contributed by atoms with Crippen molar-refractivity contribution >= 4 is 22.6 Å². The number of hydrogen-bond acceptors (Lipinski definition) is 5. The molecule has 0 bridgehead atoms. The van der Waals surface area contributed by atoms with Crippen molar-refractivity contribution in [1.29, 1.82) is 10.8 Å². The van der Waals surface area contributed by atoms with E-state index in [0.717, 1.165) is 21.9 Å². The Morgan fingerprint density at radius 3 is 2.15 bits per heavy atom. The summed E-state index contributed by atoms with van der Waals surface area (Å²) in [5, 5.41) is 19.0. The molecule has 3 aromatic rings. The quantitative estimate of drug-likeness (QED) is 0.538. The fourth-order valence-electron chi connectivity index (χ4n) is 3.86. The first-order chi connectivity index (χ1) is 13.1. The van der Waals surface area contributed by atoms with Gasteiger partial charge in [0.15, 0.2) is 0 Å². The number of methoxy groups -OCH3 is 2. The Labute approximate surface area is 157 Å². The summed E-state index contributed by atoms with van der Waals surface area (Å²) in [4.78, 5) is 0. The fraction of sp³-hybridized carbons (Fsp3) is 0.182. The molecule has 0 aliphatic carbocycles. The van der Waals surface area contributed by atoms with Crippen molar-refractivity contribution in [3.05, 3.63) is 77.9 Å². The summed E-state index contributed by atoms with van der Waals surface area (Å²) in [5.74, 6) is -0.101. The maximum absolute atomic E-state index is 8.51. The minimum absolute atomic E-state index is 0.163. The van der Waals surface area contributed by atoms with Crippen molar-refractivity contribution in [1.82, 2.24) is 0 Å². The van der Waals surface area contributed by atoms with E-state index < -0.39 is 11.5 Å². The highest BCUT2D eigenvalue weighted by Crippen LogP contribution is 2.52. The van der Waals surface area contributed by atoms with E-state index >= 15 is 0 Å². The van der Waals surface area contributed by atoms with Gasteiger partial charge in [0, 0.05) is 10.9 Å². The van der Waals surface area contributed by atoms with E-state index in [9.17, 15) is 0 Å². The third-order valence-corrected chi connectivity index (χ3v) is 5.11. The lowest BCUT2D eigenvalue weighted by Gasteiger charge is -2.33. The number of ether oxygens (including phenoxy) is 3. The molecule has 1 atom stereocenters. The third-order valence-electron chi connectivity index (χ3n) is 5.11. The number of hydrogen-bond donors (Lipinski definition) is 2. The zero-order valence-corrected chi connectivity index (χ0v) is 15.2. The van der Waals surface area contributed by atoms with Crippen molar-refractivity contribution in [2.24, 2.45) is 0 Å². The van der Waals surface area contributed by atoms with Crippen LogP contribution in [0.1, 0.15) is 17.0 Å². The summed E-state index contributed by atoms with van der Waals surface area (Å²) in [6, 6.07) is 21.7. The van der Waals surface area contributed by atoms with Gasteiger partial charge < -0.3 is 14.2 Å². The second-order valence-electron chi connectivity index (χ2n) is 6.45. The fourth-order valence-corrected chi connectivity index (χ4v) is 3.86. The van der Waals surface area contributed by atoms with Gasteiger partial charge in [-0.1, -0.05) is 66.7 Å². The van der Waals surface area contributed by atoms with Crippen LogP contribution in [0, 0.1) is 10.8 Å². The lowest BCUT2D eigenvalue weighted by molar-refractivity contribution is 0.156. The minimum atomic E-state index is -1.49. The van der Waals surface area contributed by atoms with Crippen LogP contribution in [0.15, 0.2) is 66.7 Å². The average molecular weight is 360 g/mol. The Morgan fingerprint density at radius 1 is 0.852 bits per heavy atom. The molecule has 2 N–H and O–H groups in total. The highest BCUT2D eigenvalue weighted by molar-refractivity contribution is 6.10. The van der Waals surface area contributed by atoms with Gasteiger partial charge in [-0.3, -0.25) is 10.8 Å². The van der Waals surface area contributed by atoms with Crippen LogP contribution >= 0.6 is 0 Å². The third kappa shape index (κ3) is 2.39. The number of benzene rings is 3. The summed E-state index contributed by atoms with van der Waals surface area (Å²) < 4.78 is 17.0. The Morgan fingerprint density at radius 2 is 1.48 bits per heavy atom. The molecule has 0 fully saturated rings. The van der Waals surface area contributed by atoms with Gasteiger partial charge in [-0.15, -0.1) is 0 Å². The maximum atomic E-state index is 8.51. The normalized spacial score (nSPS) is 20.6. The van der Waals surface area contributed by atoms with E-state index in [1.54, 1.807) is 0 Å². The molecule has 5 nitrogen and oxygen atoms in total. The predicted molar refractivity (Wildman–Crippen MR) is 105 cm³/mol. The summed E-state index contributed by atoms with van der Waals surface area (Å²) in [6.07, 6.45) is 0. The van der Waals surface area contributed by atoms with Crippen molar-refractivity contribution in [2.75, 3.05) is 14.2 Å². The van der Waals surface area contributed by atoms with Crippen molar-refractivity contribution in [3.8, 4) is 5.75 Å².